The molecule has 0 fully saturated rings. The molecule has 136 valence electrons. The van der Waals surface area contributed by atoms with Crippen LogP contribution in [0.15, 0.2) is 53.8 Å². The second-order valence-corrected chi connectivity index (χ2v) is 5.82. The lowest BCUT2D eigenvalue weighted by Gasteiger charge is -2.11. The molecule has 4 aromatic rings. The van der Waals surface area contributed by atoms with E-state index < -0.39 is 0 Å². The van der Waals surface area contributed by atoms with Crippen LogP contribution in [0.5, 0.6) is 5.88 Å². The van der Waals surface area contributed by atoms with E-state index in [4.69, 9.17) is 4.74 Å². The van der Waals surface area contributed by atoms with E-state index in [1.54, 1.807) is 48.6 Å². The molecule has 0 aliphatic heterocycles. The highest BCUT2D eigenvalue weighted by Crippen LogP contribution is 2.19. The van der Waals surface area contributed by atoms with Crippen molar-refractivity contribution >= 4 is 0 Å². The van der Waals surface area contributed by atoms with Gasteiger partial charge in [0, 0.05) is 37.3 Å². The van der Waals surface area contributed by atoms with Crippen molar-refractivity contribution in [3.8, 4) is 17.4 Å². The molecule has 0 saturated heterocycles. The zero-order valence-electron chi connectivity index (χ0n) is 14.7. The van der Waals surface area contributed by atoms with E-state index in [0.29, 0.717) is 17.4 Å². The lowest BCUT2D eigenvalue weighted by atomic mass is 10.1. The predicted molar refractivity (Wildman–Crippen MR) is 94.8 cm³/mol. The summed E-state index contributed by atoms with van der Waals surface area (Å²) in [6.45, 7) is 2.17. The van der Waals surface area contributed by atoms with Gasteiger partial charge in [-0.05, 0) is 29.0 Å². The zero-order chi connectivity index (χ0) is 18.8. The van der Waals surface area contributed by atoms with Crippen molar-refractivity contribution in [1.82, 2.24) is 39.5 Å². The molecule has 0 atom stereocenters. The highest BCUT2D eigenvalue weighted by atomic mass is 16.5. The molecule has 0 bridgehead atoms. The Balaban J connectivity index is 1.60. The third-order valence-corrected chi connectivity index (χ3v) is 4.05. The Labute approximate surface area is 153 Å². The Kier molecular flexibility index (Phi) is 4.21. The summed E-state index contributed by atoms with van der Waals surface area (Å²) in [4.78, 5) is 20.4. The Morgan fingerprint density at radius 3 is 2.78 bits per heavy atom. The molecule has 10 heteroatoms. The van der Waals surface area contributed by atoms with E-state index in [9.17, 15) is 4.79 Å². The molecule has 0 saturated carbocycles. The summed E-state index contributed by atoms with van der Waals surface area (Å²) in [5, 5.41) is 12.0. The van der Waals surface area contributed by atoms with Crippen molar-refractivity contribution in [2.24, 2.45) is 7.05 Å². The SMILES string of the molecule is Cc1cccc(-n2nnn(C)c2=O)c1COc1ccn(-c2cnccn2)n1. The average molecular weight is 364 g/mol. The minimum Gasteiger partial charge on any atom is -0.472 e. The monoisotopic (exact) mass is 364 g/mol. The quantitative estimate of drug-likeness (QED) is 0.516. The second-order valence-electron chi connectivity index (χ2n) is 5.82. The van der Waals surface area contributed by atoms with Gasteiger partial charge in [0.15, 0.2) is 5.82 Å². The van der Waals surface area contributed by atoms with Crippen LogP contribution >= 0.6 is 0 Å². The summed E-state index contributed by atoms with van der Waals surface area (Å²) in [5.74, 6) is 1.02. The van der Waals surface area contributed by atoms with Gasteiger partial charge in [-0.15, -0.1) is 5.10 Å². The van der Waals surface area contributed by atoms with Crippen LogP contribution < -0.4 is 10.4 Å². The topological polar surface area (TPSA) is 106 Å². The van der Waals surface area contributed by atoms with Gasteiger partial charge in [0.05, 0.1) is 11.9 Å². The molecule has 3 aromatic heterocycles. The van der Waals surface area contributed by atoms with Gasteiger partial charge in [-0.1, -0.05) is 12.1 Å². The van der Waals surface area contributed by atoms with Gasteiger partial charge in [0.2, 0.25) is 5.88 Å². The number of hydrogen-bond acceptors (Lipinski definition) is 7. The Morgan fingerprint density at radius 2 is 2.04 bits per heavy atom. The van der Waals surface area contributed by atoms with Gasteiger partial charge in [0.25, 0.3) is 0 Å². The Hall–Kier alpha value is -3.82. The maximum absolute atomic E-state index is 12.2. The number of benzene rings is 1. The van der Waals surface area contributed by atoms with Gasteiger partial charge in [-0.2, -0.15) is 9.36 Å². The number of ether oxygens (including phenoxy) is 1. The average Bonchev–Trinajstić information content (AvgIpc) is 3.29. The molecular formula is C17H16N8O2. The van der Waals surface area contributed by atoms with E-state index in [1.165, 1.54) is 9.36 Å². The van der Waals surface area contributed by atoms with Crippen LogP contribution in [-0.2, 0) is 13.7 Å². The first-order valence-corrected chi connectivity index (χ1v) is 8.16. The normalized spacial score (nSPS) is 10.9. The Morgan fingerprint density at radius 1 is 1.15 bits per heavy atom. The summed E-state index contributed by atoms with van der Waals surface area (Å²) in [5.41, 5.74) is 2.10. The first-order chi connectivity index (χ1) is 13.1. The maximum Gasteiger partial charge on any atom is 0.368 e. The number of nitrogens with zero attached hydrogens (tertiary/aromatic N) is 8. The Bertz CT molecular complexity index is 1130. The van der Waals surface area contributed by atoms with Crippen LogP contribution in [0.4, 0.5) is 0 Å². The largest absolute Gasteiger partial charge is 0.472 e. The highest BCUT2D eigenvalue weighted by molar-refractivity contribution is 5.44. The third-order valence-electron chi connectivity index (χ3n) is 4.05. The fourth-order valence-electron chi connectivity index (χ4n) is 2.61. The number of rotatable bonds is 5. The highest BCUT2D eigenvalue weighted by Gasteiger charge is 2.14. The summed E-state index contributed by atoms with van der Waals surface area (Å²) in [7, 11) is 1.55. The molecule has 0 spiro atoms. The number of aromatic nitrogens is 8. The van der Waals surface area contributed by atoms with Gasteiger partial charge in [0.1, 0.15) is 6.61 Å². The maximum atomic E-state index is 12.2. The summed E-state index contributed by atoms with van der Waals surface area (Å²) in [6, 6.07) is 7.35. The van der Waals surface area contributed by atoms with Gasteiger partial charge < -0.3 is 4.74 Å². The third kappa shape index (κ3) is 3.19. The molecule has 1 aromatic carbocycles. The number of aryl methyl sites for hydroxylation is 2. The molecule has 0 N–H and O–H groups in total. The van der Waals surface area contributed by atoms with Crippen LogP contribution in [0.3, 0.4) is 0 Å². The molecule has 0 aliphatic carbocycles. The van der Waals surface area contributed by atoms with Crippen molar-refractivity contribution < 1.29 is 4.74 Å². The van der Waals surface area contributed by atoms with Gasteiger partial charge in [-0.3, -0.25) is 4.98 Å². The lowest BCUT2D eigenvalue weighted by molar-refractivity contribution is 0.290. The zero-order valence-corrected chi connectivity index (χ0v) is 14.7. The smallest absolute Gasteiger partial charge is 0.368 e. The minimum absolute atomic E-state index is 0.225. The van der Waals surface area contributed by atoms with Crippen molar-refractivity contribution in [3.63, 3.8) is 0 Å². The van der Waals surface area contributed by atoms with E-state index in [0.717, 1.165) is 11.1 Å². The minimum atomic E-state index is -0.325. The van der Waals surface area contributed by atoms with E-state index >= 15 is 0 Å². The van der Waals surface area contributed by atoms with Crippen LogP contribution in [0.2, 0.25) is 0 Å². The van der Waals surface area contributed by atoms with E-state index in [-0.39, 0.29) is 12.3 Å². The molecular weight excluding hydrogens is 348 g/mol. The molecule has 0 radical (unpaired) electrons. The molecule has 4 rings (SSSR count). The van der Waals surface area contributed by atoms with Crippen LogP contribution in [-0.4, -0.2) is 39.5 Å². The van der Waals surface area contributed by atoms with Crippen LogP contribution in [0, 0.1) is 6.92 Å². The van der Waals surface area contributed by atoms with Gasteiger partial charge in [-0.25, -0.2) is 14.5 Å². The van der Waals surface area contributed by atoms with E-state index in [2.05, 4.69) is 25.5 Å². The summed E-state index contributed by atoms with van der Waals surface area (Å²) >= 11 is 0. The molecule has 0 aliphatic rings. The van der Waals surface area contributed by atoms with Crippen molar-refractivity contribution in [2.45, 2.75) is 13.5 Å². The summed E-state index contributed by atoms with van der Waals surface area (Å²) in [6.07, 6.45) is 6.54. The van der Waals surface area contributed by atoms with Gasteiger partial charge >= 0.3 is 5.69 Å². The van der Waals surface area contributed by atoms with Crippen molar-refractivity contribution in [3.05, 3.63) is 70.7 Å². The number of tetrazole rings is 1. The van der Waals surface area contributed by atoms with E-state index in [1.807, 2.05) is 19.1 Å². The summed E-state index contributed by atoms with van der Waals surface area (Å²) < 4.78 is 9.84. The molecule has 0 unspecified atom stereocenters. The molecule has 0 amide bonds. The second kappa shape index (κ2) is 6.83. The lowest BCUT2D eigenvalue weighted by Crippen LogP contribution is -2.23. The first kappa shape index (κ1) is 16.6. The molecule has 3 heterocycles. The fourth-order valence-corrected chi connectivity index (χ4v) is 2.61. The standard InChI is InChI=1S/C17H16N8O2/c1-12-4-3-5-14(25-17(26)23(2)21-22-25)13(12)11-27-16-6-9-24(20-16)15-10-18-7-8-19-15/h3-10H,11H2,1-2H3. The fraction of sp³-hybridized carbons (Fsp3) is 0.176. The van der Waals surface area contributed by atoms with Crippen LogP contribution in [0.1, 0.15) is 11.1 Å². The van der Waals surface area contributed by atoms with Crippen molar-refractivity contribution in [2.75, 3.05) is 0 Å². The predicted octanol–water partition coefficient (Wildman–Crippen LogP) is 0.829. The first-order valence-electron chi connectivity index (χ1n) is 8.16. The van der Waals surface area contributed by atoms with Crippen molar-refractivity contribution in [1.29, 1.82) is 0 Å². The number of hydrogen-bond donors (Lipinski definition) is 0. The molecule has 27 heavy (non-hydrogen) atoms. The van der Waals surface area contributed by atoms with Crippen LogP contribution in [0.25, 0.3) is 11.5 Å². The molecule has 10 nitrogen and oxygen atoms in total.